The van der Waals surface area contributed by atoms with Gasteiger partial charge in [-0.15, -0.1) is 0 Å². The van der Waals surface area contributed by atoms with Gasteiger partial charge >= 0.3 is 0 Å². The first-order valence-electron chi connectivity index (χ1n) is 7.80. The van der Waals surface area contributed by atoms with Gasteiger partial charge in [-0.2, -0.15) is 0 Å². The molecule has 6 heteroatoms. The molecule has 2 aliphatic heterocycles. The SMILES string of the molecule is COc1c(C)c(OC)c(OC)c2c1C[C@@H]1N[C@H]2[C@@H](C)N(C)C1=O. The van der Waals surface area contributed by atoms with E-state index in [2.05, 4.69) is 5.32 Å². The summed E-state index contributed by atoms with van der Waals surface area (Å²) in [6.07, 6.45) is 0.589. The molecule has 2 heterocycles. The van der Waals surface area contributed by atoms with Crippen molar-refractivity contribution in [2.75, 3.05) is 28.4 Å². The van der Waals surface area contributed by atoms with Crippen molar-refractivity contribution in [3.05, 3.63) is 16.7 Å². The Kier molecular flexibility index (Phi) is 3.88. The molecule has 3 atom stereocenters. The average Bonchev–Trinajstić information content (AvgIpc) is 2.56. The average molecular weight is 320 g/mol. The summed E-state index contributed by atoms with van der Waals surface area (Å²) < 4.78 is 16.9. The van der Waals surface area contributed by atoms with Crippen LogP contribution in [0.1, 0.15) is 29.7 Å². The standard InChI is InChI=1S/C17H24N2O4/c1-8-14(21-4)10-7-11-17(20)19(3)9(2)13(18-11)12(10)16(23-6)15(8)22-5/h9,11,13,18H,7H2,1-6H3/t9-,11+,13+/m1/s1. The molecule has 0 unspecified atom stereocenters. The van der Waals surface area contributed by atoms with Crippen molar-refractivity contribution >= 4 is 5.91 Å². The Labute approximate surface area is 136 Å². The van der Waals surface area contributed by atoms with Crippen LogP contribution in [0.5, 0.6) is 17.2 Å². The lowest BCUT2D eigenvalue weighted by molar-refractivity contribution is -0.139. The molecule has 0 radical (unpaired) electrons. The molecule has 126 valence electrons. The van der Waals surface area contributed by atoms with Crippen molar-refractivity contribution in [3.8, 4) is 17.2 Å². The zero-order chi connectivity index (χ0) is 16.9. The van der Waals surface area contributed by atoms with Crippen LogP contribution >= 0.6 is 0 Å². The number of ether oxygens (including phenoxy) is 3. The van der Waals surface area contributed by atoms with Crippen molar-refractivity contribution in [1.82, 2.24) is 10.2 Å². The summed E-state index contributed by atoms with van der Waals surface area (Å²) in [4.78, 5) is 14.3. The van der Waals surface area contributed by atoms with Gasteiger partial charge in [0.1, 0.15) is 5.75 Å². The molecule has 1 fully saturated rings. The molecule has 0 aliphatic carbocycles. The minimum atomic E-state index is -0.222. The molecule has 1 aromatic carbocycles. The zero-order valence-corrected chi connectivity index (χ0v) is 14.5. The summed E-state index contributed by atoms with van der Waals surface area (Å²) in [5, 5.41) is 3.45. The van der Waals surface area contributed by atoms with Gasteiger partial charge in [0, 0.05) is 36.2 Å². The third-order valence-corrected chi connectivity index (χ3v) is 5.18. The van der Waals surface area contributed by atoms with E-state index in [-0.39, 0.29) is 24.0 Å². The highest BCUT2D eigenvalue weighted by Crippen LogP contribution is 2.50. The summed E-state index contributed by atoms with van der Waals surface area (Å²) >= 11 is 0. The molecular weight excluding hydrogens is 296 g/mol. The third-order valence-electron chi connectivity index (χ3n) is 5.18. The van der Waals surface area contributed by atoms with Gasteiger partial charge < -0.3 is 19.1 Å². The van der Waals surface area contributed by atoms with Crippen molar-refractivity contribution in [2.45, 2.75) is 38.4 Å². The summed E-state index contributed by atoms with van der Waals surface area (Å²) in [6, 6.07) is -0.214. The number of carbonyl (C=O) groups excluding carboxylic acids is 1. The van der Waals surface area contributed by atoms with Crippen molar-refractivity contribution < 1.29 is 19.0 Å². The second-order valence-electron chi connectivity index (χ2n) is 6.21. The normalized spacial score (nSPS) is 25.9. The lowest BCUT2D eigenvalue weighted by Crippen LogP contribution is -2.62. The second-order valence-corrected chi connectivity index (χ2v) is 6.21. The topological polar surface area (TPSA) is 60.0 Å². The maximum atomic E-state index is 12.5. The first kappa shape index (κ1) is 15.9. The Morgan fingerprint density at radius 3 is 2.26 bits per heavy atom. The number of hydrogen-bond donors (Lipinski definition) is 1. The number of nitrogens with one attached hydrogen (secondary N) is 1. The molecule has 6 nitrogen and oxygen atoms in total. The third kappa shape index (κ3) is 2.08. The van der Waals surface area contributed by atoms with E-state index in [0.717, 1.165) is 28.2 Å². The fourth-order valence-corrected chi connectivity index (χ4v) is 3.91. The fraction of sp³-hybridized carbons (Fsp3) is 0.588. The van der Waals surface area contributed by atoms with Crippen LogP contribution < -0.4 is 19.5 Å². The summed E-state index contributed by atoms with van der Waals surface area (Å²) in [6.45, 7) is 3.99. The van der Waals surface area contributed by atoms with E-state index in [1.807, 2.05) is 25.8 Å². The molecule has 1 saturated heterocycles. The maximum Gasteiger partial charge on any atom is 0.240 e. The summed E-state index contributed by atoms with van der Waals surface area (Å²) in [7, 11) is 6.80. The molecule has 2 aliphatic rings. The van der Waals surface area contributed by atoms with Gasteiger partial charge in [-0.25, -0.2) is 0 Å². The lowest BCUT2D eigenvalue weighted by Gasteiger charge is -2.46. The summed E-state index contributed by atoms with van der Waals surface area (Å²) in [5.74, 6) is 2.33. The van der Waals surface area contributed by atoms with Crippen LogP contribution in [0.25, 0.3) is 0 Å². The molecular formula is C17H24N2O4. The number of amides is 1. The van der Waals surface area contributed by atoms with Crippen LogP contribution in [0.4, 0.5) is 0 Å². The molecule has 1 amide bonds. The number of nitrogens with zero attached hydrogens (tertiary/aromatic N) is 1. The predicted octanol–water partition coefficient (Wildman–Crippen LogP) is 1.44. The first-order chi connectivity index (χ1) is 11.0. The number of fused-ring (bicyclic) bond motifs is 4. The van der Waals surface area contributed by atoms with Crippen molar-refractivity contribution in [1.29, 1.82) is 0 Å². The van der Waals surface area contributed by atoms with Gasteiger partial charge in [-0.3, -0.25) is 10.1 Å². The molecule has 1 aromatic rings. The molecule has 3 rings (SSSR count). The van der Waals surface area contributed by atoms with Gasteiger partial charge in [0.15, 0.2) is 11.5 Å². The van der Waals surface area contributed by atoms with E-state index in [4.69, 9.17) is 14.2 Å². The Bertz CT molecular complexity index is 659. The van der Waals surface area contributed by atoms with Crippen LogP contribution in [-0.4, -0.2) is 51.3 Å². The van der Waals surface area contributed by atoms with Gasteiger partial charge in [-0.05, 0) is 13.8 Å². The number of carbonyl (C=O) groups is 1. The number of piperazine rings is 1. The van der Waals surface area contributed by atoms with Crippen LogP contribution in [0.15, 0.2) is 0 Å². The molecule has 0 saturated carbocycles. The monoisotopic (exact) mass is 320 g/mol. The van der Waals surface area contributed by atoms with Crippen LogP contribution in [0.3, 0.4) is 0 Å². The fourth-order valence-electron chi connectivity index (χ4n) is 3.91. The van der Waals surface area contributed by atoms with E-state index < -0.39 is 0 Å². The quantitative estimate of drug-likeness (QED) is 0.913. The Hall–Kier alpha value is -1.95. The van der Waals surface area contributed by atoms with Crippen molar-refractivity contribution in [3.63, 3.8) is 0 Å². The highest BCUT2D eigenvalue weighted by atomic mass is 16.5. The van der Waals surface area contributed by atoms with Crippen LogP contribution in [0, 0.1) is 6.92 Å². The van der Waals surface area contributed by atoms with Gasteiger partial charge in [0.05, 0.1) is 33.4 Å². The Morgan fingerprint density at radius 1 is 1.09 bits per heavy atom. The van der Waals surface area contributed by atoms with Crippen LogP contribution in [0.2, 0.25) is 0 Å². The van der Waals surface area contributed by atoms with E-state index >= 15 is 0 Å². The highest BCUT2D eigenvalue weighted by Gasteiger charge is 2.45. The van der Waals surface area contributed by atoms with E-state index in [9.17, 15) is 4.79 Å². The Balaban J connectivity index is 2.30. The number of rotatable bonds is 3. The maximum absolute atomic E-state index is 12.5. The minimum absolute atomic E-state index is 0.00944. The zero-order valence-electron chi connectivity index (χ0n) is 14.5. The molecule has 2 bridgehead atoms. The van der Waals surface area contributed by atoms with Crippen LogP contribution in [-0.2, 0) is 11.2 Å². The largest absolute Gasteiger partial charge is 0.496 e. The highest BCUT2D eigenvalue weighted by molar-refractivity contribution is 5.85. The Morgan fingerprint density at radius 2 is 1.70 bits per heavy atom. The predicted molar refractivity (Wildman–Crippen MR) is 86.4 cm³/mol. The van der Waals surface area contributed by atoms with E-state index in [1.54, 1.807) is 21.3 Å². The van der Waals surface area contributed by atoms with E-state index in [0.29, 0.717) is 12.2 Å². The second kappa shape index (κ2) is 5.60. The van der Waals surface area contributed by atoms with Gasteiger partial charge in [-0.1, -0.05) is 0 Å². The van der Waals surface area contributed by atoms with Gasteiger partial charge in [0.2, 0.25) is 5.91 Å². The van der Waals surface area contributed by atoms with Gasteiger partial charge in [0.25, 0.3) is 0 Å². The minimum Gasteiger partial charge on any atom is -0.496 e. The molecule has 1 N–H and O–H groups in total. The first-order valence-corrected chi connectivity index (χ1v) is 7.80. The number of methoxy groups -OCH3 is 3. The number of likely N-dealkylation sites (N-methyl/N-ethyl adjacent to an activating group) is 1. The number of benzene rings is 1. The smallest absolute Gasteiger partial charge is 0.240 e. The molecule has 0 spiro atoms. The van der Waals surface area contributed by atoms with Crippen molar-refractivity contribution in [2.24, 2.45) is 0 Å². The van der Waals surface area contributed by atoms with E-state index in [1.165, 1.54) is 0 Å². The summed E-state index contributed by atoms with van der Waals surface area (Å²) in [5.41, 5.74) is 2.98. The lowest BCUT2D eigenvalue weighted by atomic mass is 9.81. The molecule has 23 heavy (non-hydrogen) atoms. The number of hydrogen-bond acceptors (Lipinski definition) is 5. The molecule has 0 aromatic heterocycles.